The zero-order chi connectivity index (χ0) is 13.1. The Morgan fingerprint density at radius 1 is 1.32 bits per heavy atom. The van der Waals surface area contributed by atoms with E-state index in [1.54, 1.807) is 7.11 Å². The molecule has 4 heteroatoms. The van der Waals surface area contributed by atoms with Gasteiger partial charge < -0.3 is 14.6 Å². The first-order valence-electron chi connectivity index (χ1n) is 6.73. The number of nitrogens with zero attached hydrogens (tertiary/aromatic N) is 2. The normalized spacial score (nSPS) is 14.2. The Bertz CT molecular complexity index is 545. The molecule has 0 atom stereocenters. The van der Waals surface area contributed by atoms with Gasteiger partial charge in [0.05, 0.1) is 19.1 Å². The lowest BCUT2D eigenvalue weighted by Gasteiger charge is -2.15. The van der Waals surface area contributed by atoms with Gasteiger partial charge in [0.2, 0.25) is 0 Å². The molecule has 0 radical (unpaired) electrons. The average Bonchev–Trinajstić information content (AvgIpc) is 2.89. The third-order valence-corrected chi connectivity index (χ3v) is 3.66. The standard InChI is InChI=1S/C15H19N3O/c1-19-13-4-2-12(3-5-13)7-9-18-11-17-14-10-16-8-6-15(14)18/h2-5,11,16H,6-10H2,1H3. The molecule has 0 fully saturated rings. The van der Waals surface area contributed by atoms with Crippen LogP contribution in [0.4, 0.5) is 0 Å². The van der Waals surface area contributed by atoms with Crippen LogP contribution in [0.15, 0.2) is 30.6 Å². The number of hydrogen-bond donors (Lipinski definition) is 1. The van der Waals surface area contributed by atoms with Crippen molar-refractivity contribution in [2.45, 2.75) is 25.9 Å². The summed E-state index contributed by atoms with van der Waals surface area (Å²) in [6.07, 6.45) is 4.08. The third-order valence-electron chi connectivity index (χ3n) is 3.66. The predicted molar refractivity (Wildman–Crippen MR) is 74.3 cm³/mol. The predicted octanol–water partition coefficient (Wildman–Crippen LogP) is 1.78. The number of methoxy groups -OCH3 is 1. The molecule has 19 heavy (non-hydrogen) atoms. The molecule has 0 aliphatic carbocycles. The molecule has 100 valence electrons. The highest BCUT2D eigenvalue weighted by Crippen LogP contribution is 2.15. The second-order valence-electron chi connectivity index (χ2n) is 4.86. The van der Waals surface area contributed by atoms with E-state index < -0.39 is 0 Å². The summed E-state index contributed by atoms with van der Waals surface area (Å²) >= 11 is 0. The van der Waals surface area contributed by atoms with Crippen LogP contribution in [-0.2, 0) is 25.9 Å². The number of ether oxygens (including phenoxy) is 1. The molecular formula is C15H19N3O. The molecule has 0 saturated carbocycles. The summed E-state index contributed by atoms with van der Waals surface area (Å²) in [5.74, 6) is 0.912. The van der Waals surface area contributed by atoms with E-state index in [4.69, 9.17) is 4.74 Å². The Kier molecular flexibility index (Phi) is 3.51. The molecular weight excluding hydrogens is 238 g/mol. The lowest BCUT2D eigenvalue weighted by atomic mass is 10.1. The molecule has 0 amide bonds. The van der Waals surface area contributed by atoms with Crippen LogP contribution in [0.1, 0.15) is 17.0 Å². The zero-order valence-corrected chi connectivity index (χ0v) is 11.2. The first-order chi connectivity index (χ1) is 9.36. The van der Waals surface area contributed by atoms with Crippen LogP contribution in [0.5, 0.6) is 5.75 Å². The topological polar surface area (TPSA) is 39.1 Å². The van der Waals surface area contributed by atoms with Gasteiger partial charge in [-0.3, -0.25) is 0 Å². The van der Waals surface area contributed by atoms with Crippen molar-refractivity contribution < 1.29 is 4.74 Å². The second-order valence-corrected chi connectivity index (χ2v) is 4.86. The van der Waals surface area contributed by atoms with Gasteiger partial charge in [0.15, 0.2) is 0 Å². The molecule has 0 bridgehead atoms. The molecule has 1 aliphatic heterocycles. The lowest BCUT2D eigenvalue weighted by molar-refractivity contribution is 0.414. The van der Waals surface area contributed by atoms with E-state index in [1.165, 1.54) is 17.0 Å². The smallest absolute Gasteiger partial charge is 0.118 e. The summed E-state index contributed by atoms with van der Waals surface area (Å²) < 4.78 is 7.46. The fourth-order valence-corrected chi connectivity index (χ4v) is 2.53. The van der Waals surface area contributed by atoms with Crippen LogP contribution < -0.4 is 10.1 Å². The van der Waals surface area contributed by atoms with Crippen LogP contribution >= 0.6 is 0 Å². The van der Waals surface area contributed by atoms with Crippen molar-refractivity contribution >= 4 is 0 Å². The Labute approximate surface area is 113 Å². The largest absolute Gasteiger partial charge is 0.497 e. The lowest BCUT2D eigenvalue weighted by Crippen LogP contribution is -2.25. The van der Waals surface area contributed by atoms with Crippen LogP contribution in [-0.4, -0.2) is 23.2 Å². The molecule has 4 nitrogen and oxygen atoms in total. The van der Waals surface area contributed by atoms with Crippen LogP contribution in [0, 0.1) is 0 Å². The summed E-state index contributed by atoms with van der Waals surface area (Å²) in [6, 6.07) is 8.29. The molecule has 2 heterocycles. The van der Waals surface area contributed by atoms with Gasteiger partial charge >= 0.3 is 0 Å². The first-order valence-corrected chi connectivity index (χ1v) is 6.73. The fourth-order valence-electron chi connectivity index (χ4n) is 2.53. The number of benzene rings is 1. The van der Waals surface area contributed by atoms with Gasteiger partial charge in [-0.05, 0) is 24.1 Å². The highest BCUT2D eigenvalue weighted by molar-refractivity contribution is 5.27. The van der Waals surface area contributed by atoms with Crippen molar-refractivity contribution in [1.29, 1.82) is 0 Å². The van der Waals surface area contributed by atoms with E-state index in [9.17, 15) is 0 Å². The van der Waals surface area contributed by atoms with Gasteiger partial charge in [0.25, 0.3) is 0 Å². The number of aromatic nitrogens is 2. The van der Waals surface area contributed by atoms with Gasteiger partial charge in [-0.25, -0.2) is 4.98 Å². The summed E-state index contributed by atoms with van der Waals surface area (Å²) in [4.78, 5) is 4.48. The fraction of sp³-hybridized carbons (Fsp3) is 0.400. The number of fused-ring (bicyclic) bond motifs is 1. The molecule has 3 rings (SSSR count). The van der Waals surface area contributed by atoms with E-state index in [2.05, 4.69) is 27.0 Å². The van der Waals surface area contributed by atoms with Crippen molar-refractivity contribution in [3.63, 3.8) is 0 Å². The highest BCUT2D eigenvalue weighted by Gasteiger charge is 2.14. The Morgan fingerprint density at radius 3 is 2.95 bits per heavy atom. The molecule has 0 spiro atoms. The van der Waals surface area contributed by atoms with Gasteiger partial charge in [0.1, 0.15) is 5.75 Å². The van der Waals surface area contributed by atoms with Crippen LogP contribution in [0.25, 0.3) is 0 Å². The summed E-state index contributed by atoms with van der Waals surface area (Å²) in [5.41, 5.74) is 3.94. The monoisotopic (exact) mass is 257 g/mol. The summed E-state index contributed by atoms with van der Waals surface area (Å²) in [5, 5.41) is 3.35. The van der Waals surface area contributed by atoms with Gasteiger partial charge in [-0.2, -0.15) is 0 Å². The zero-order valence-electron chi connectivity index (χ0n) is 11.2. The third kappa shape index (κ3) is 2.63. The van der Waals surface area contributed by atoms with E-state index in [0.29, 0.717) is 0 Å². The summed E-state index contributed by atoms with van der Waals surface area (Å²) in [6.45, 7) is 2.96. The van der Waals surface area contributed by atoms with Crippen molar-refractivity contribution in [3.8, 4) is 5.75 Å². The molecule has 1 aliphatic rings. The Hall–Kier alpha value is -1.81. The van der Waals surface area contributed by atoms with Crippen molar-refractivity contribution in [1.82, 2.24) is 14.9 Å². The quantitative estimate of drug-likeness (QED) is 0.907. The van der Waals surface area contributed by atoms with Crippen molar-refractivity contribution in [2.24, 2.45) is 0 Å². The van der Waals surface area contributed by atoms with Gasteiger partial charge in [-0.1, -0.05) is 12.1 Å². The maximum absolute atomic E-state index is 5.17. The van der Waals surface area contributed by atoms with Crippen molar-refractivity contribution in [2.75, 3.05) is 13.7 Å². The minimum absolute atomic E-state index is 0.908. The van der Waals surface area contributed by atoms with E-state index in [1.807, 2.05) is 18.5 Å². The molecule has 1 N–H and O–H groups in total. The molecule has 0 unspecified atom stereocenters. The number of aryl methyl sites for hydroxylation is 2. The highest BCUT2D eigenvalue weighted by atomic mass is 16.5. The van der Waals surface area contributed by atoms with Crippen LogP contribution in [0.2, 0.25) is 0 Å². The Balaban J connectivity index is 1.66. The summed E-state index contributed by atoms with van der Waals surface area (Å²) in [7, 11) is 1.70. The molecule has 1 aromatic heterocycles. The maximum atomic E-state index is 5.17. The minimum atomic E-state index is 0.908. The van der Waals surface area contributed by atoms with Crippen LogP contribution in [0.3, 0.4) is 0 Å². The van der Waals surface area contributed by atoms with E-state index >= 15 is 0 Å². The average molecular weight is 257 g/mol. The number of hydrogen-bond acceptors (Lipinski definition) is 3. The van der Waals surface area contributed by atoms with Gasteiger partial charge in [-0.15, -0.1) is 0 Å². The van der Waals surface area contributed by atoms with E-state index in [-0.39, 0.29) is 0 Å². The van der Waals surface area contributed by atoms with Gasteiger partial charge in [0, 0.05) is 31.7 Å². The Morgan fingerprint density at radius 2 is 2.16 bits per heavy atom. The minimum Gasteiger partial charge on any atom is -0.497 e. The van der Waals surface area contributed by atoms with E-state index in [0.717, 1.165) is 38.2 Å². The SMILES string of the molecule is COc1ccc(CCn2cnc3c2CCNC3)cc1. The maximum Gasteiger partial charge on any atom is 0.118 e. The molecule has 1 aromatic carbocycles. The second kappa shape index (κ2) is 5.45. The number of imidazole rings is 1. The molecule has 0 saturated heterocycles. The molecule has 2 aromatic rings. The van der Waals surface area contributed by atoms with Crippen molar-refractivity contribution in [3.05, 3.63) is 47.5 Å². The number of rotatable bonds is 4. The first kappa shape index (κ1) is 12.2. The number of nitrogens with one attached hydrogen (secondary N) is 1.